The van der Waals surface area contributed by atoms with E-state index >= 15 is 0 Å². The number of hydrogen-bond acceptors (Lipinski definition) is 4. The van der Waals surface area contributed by atoms with Crippen LogP contribution in [0.3, 0.4) is 0 Å². The zero-order chi connectivity index (χ0) is 12.5. The monoisotopic (exact) mass is 251 g/mol. The molecular weight excluding hydrogens is 234 g/mol. The van der Waals surface area contributed by atoms with Gasteiger partial charge < -0.3 is 15.7 Å². The van der Waals surface area contributed by atoms with Gasteiger partial charge in [0.2, 0.25) is 0 Å². The molecule has 1 aliphatic rings. The molecule has 0 amide bonds. The molecule has 1 unspecified atom stereocenters. The number of β-amino-alcohol motifs (C(OH)–C–C–N with tert-alkyl or cyclic N) is 1. The highest BCUT2D eigenvalue weighted by atomic mass is 32.1. The van der Waals surface area contributed by atoms with Crippen LogP contribution in [0.5, 0.6) is 0 Å². The quantitative estimate of drug-likeness (QED) is 0.770. The van der Waals surface area contributed by atoms with Crippen molar-refractivity contribution in [3.05, 3.63) is 24.0 Å². The molecule has 0 aliphatic carbocycles. The fourth-order valence-electron chi connectivity index (χ4n) is 2.16. The van der Waals surface area contributed by atoms with E-state index in [-0.39, 0.29) is 0 Å². The Kier molecular flexibility index (Phi) is 3.31. The van der Waals surface area contributed by atoms with Crippen LogP contribution in [0.2, 0.25) is 0 Å². The molecule has 0 saturated carbocycles. The number of rotatable bonds is 2. The smallest absolute Gasteiger partial charge is 0.122 e. The summed E-state index contributed by atoms with van der Waals surface area (Å²) < 4.78 is 0. The number of aliphatic hydroxyl groups is 1. The van der Waals surface area contributed by atoms with Crippen molar-refractivity contribution in [3.8, 4) is 0 Å². The lowest BCUT2D eigenvalue weighted by molar-refractivity contribution is 0.0449. The molecule has 0 aromatic carbocycles. The molecule has 0 spiro atoms. The summed E-state index contributed by atoms with van der Waals surface area (Å²) in [7, 11) is 0. The van der Waals surface area contributed by atoms with Gasteiger partial charge in [0, 0.05) is 13.1 Å². The normalized spacial score (nSPS) is 24.7. The first-order chi connectivity index (χ1) is 7.98. The highest BCUT2D eigenvalue weighted by Crippen LogP contribution is 2.25. The molecule has 0 radical (unpaired) electrons. The lowest BCUT2D eigenvalue weighted by atomic mass is 9.95. The zero-order valence-corrected chi connectivity index (χ0v) is 10.7. The molecule has 4 nitrogen and oxygen atoms in total. The Bertz CT molecular complexity index is 416. The fourth-order valence-corrected chi connectivity index (χ4v) is 2.28. The highest BCUT2D eigenvalue weighted by molar-refractivity contribution is 7.80. The summed E-state index contributed by atoms with van der Waals surface area (Å²) in [6.07, 6.45) is 3.60. The number of aromatic nitrogens is 1. The van der Waals surface area contributed by atoms with Gasteiger partial charge in [-0.15, -0.1) is 0 Å². The third kappa shape index (κ3) is 2.92. The van der Waals surface area contributed by atoms with E-state index in [1.165, 1.54) is 0 Å². The van der Waals surface area contributed by atoms with Crippen molar-refractivity contribution in [2.24, 2.45) is 5.73 Å². The molecule has 1 aromatic rings. The van der Waals surface area contributed by atoms with Crippen LogP contribution < -0.4 is 10.6 Å². The van der Waals surface area contributed by atoms with Crippen molar-refractivity contribution < 1.29 is 5.11 Å². The Hall–Kier alpha value is -1.20. The van der Waals surface area contributed by atoms with Gasteiger partial charge in [0.1, 0.15) is 4.99 Å². The summed E-state index contributed by atoms with van der Waals surface area (Å²) in [4.78, 5) is 6.66. The molecule has 1 saturated heterocycles. The number of thiocarbonyl (C=S) groups is 1. The van der Waals surface area contributed by atoms with Crippen molar-refractivity contribution in [2.45, 2.75) is 25.4 Å². The first-order valence-corrected chi connectivity index (χ1v) is 6.12. The third-order valence-electron chi connectivity index (χ3n) is 3.04. The maximum Gasteiger partial charge on any atom is 0.122 e. The number of hydrogen-bond donors (Lipinski definition) is 2. The summed E-state index contributed by atoms with van der Waals surface area (Å²) in [6, 6.07) is 3.77. The molecule has 2 heterocycles. The van der Waals surface area contributed by atoms with Gasteiger partial charge in [0.15, 0.2) is 0 Å². The molecule has 1 fully saturated rings. The van der Waals surface area contributed by atoms with Gasteiger partial charge in [-0.25, -0.2) is 0 Å². The molecule has 5 heteroatoms. The molecule has 1 atom stereocenters. The number of pyridine rings is 1. The fraction of sp³-hybridized carbons (Fsp3) is 0.500. The van der Waals surface area contributed by atoms with Crippen LogP contribution in [0.4, 0.5) is 5.69 Å². The SMILES string of the molecule is CC1(O)CCCN(c2ccc(C(N)=S)nc2)C1. The van der Waals surface area contributed by atoms with Crippen LogP contribution in [0.15, 0.2) is 18.3 Å². The molecule has 1 aromatic heterocycles. The van der Waals surface area contributed by atoms with Gasteiger partial charge in [-0.3, -0.25) is 4.98 Å². The van der Waals surface area contributed by atoms with Gasteiger partial charge in [-0.05, 0) is 31.9 Å². The minimum Gasteiger partial charge on any atom is -0.388 e. The Labute approximate surface area is 106 Å². The van der Waals surface area contributed by atoms with Crippen molar-refractivity contribution in [1.82, 2.24) is 4.98 Å². The second kappa shape index (κ2) is 4.58. The lowest BCUT2D eigenvalue weighted by Crippen LogP contribution is -2.46. The Balaban J connectivity index is 2.14. The molecule has 0 bridgehead atoms. The first kappa shape index (κ1) is 12.3. The summed E-state index contributed by atoms with van der Waals surface area (Å²) in [5, 5.41) is 10.0. The van der Waals surface area contributed by atoms with Crippen LogP contribution >= 0.6 is 12.2 Å². The Morgan fingerprint density at radius 2 is 2.35 bits per heavy atom. The number of nitrogens with two attached hydrogens (primary N) is 1. The highest BCUT2D eigenvalue weighted by Gasteiger charge is 2.28. The van der Waals surface area contributed by atoms with Gasteiger partial charge in [-0.1, -0.05) is 12.2 Å². The van der Waals surface area contributed by atoms with Gasteiger partial charge in [-0.2, -0.15) is 0 Å². The maximum atomic E-state index is 10.0. The van der Waals surface area contributed by atoms with Crippen molar-refractivity contribution >= 4 is 22.9 Å². The number of nitrogens with zero attached hydrogens (tertiary/aromatic N) is 2. The Morgan fingerprint density at radius 1 is 1.59 bits per heavy atom. The van der Waals surface area contributed by atoms with Crippen LogP contribution in [-0.4, -0.2) is 33.8 Å². The number of anilines is 1. The van der Waals surface area contributed by atoms with Crippen molar-refractivity contribution in [3.63, 3.8) is 0 Å². The number of piperidine rings is 1. The molecule has 17 heavy (non-hydrogen) atoms. The average molecular weight is 251 g/mol. The van der Waals surface area contributed by atoms with Crippen LogP contribution in [0.25, 0.3) is 0 Å². The zero-order valence-electron chi connectivity index (χ0n) is 9.89. The molecule has 3 N–H and O–H groups in total. The van der Waals surface area contributed by atoms with E-state index in [0.717, 1.165) is 25.1 Å². The minimum atomic E-state index is -0.611. The van der Waals surface area contributed by atoms with Crippen molar-refractivity contribution in [1.29, 1.82) is 0 Å². The topological polar surface area (TPSA) is 62.4 Å². The standard InChI is InChI=1S/C12H17N3OS/c1-12(16)5-2-6-15(8-12)9-3-4-10(11(13)17)14-7-9/h3-4,7,16H,2,5-6,8H2,1H3,(H2,13,17). The average Bonchev–Trinajstić information content (AvgIpc) is 2.28. The van der Waals surface area contributed by atoms with Gasteiger partial charge in [0.25, 0.3) is 0 Å². The van der Waals surface area contributed by atoms with Crippen LogP contribution in [0.1, 0.15) is 25.5 Å². The molecule has 1 aliphatic heterocycles. The van der Waals surface area contributed by atoms with Crippen LogP contribution in [0, 0.1) is 0 Å². The predicted molar refractivity (Wildman–Crippen MR) is 72.2 cm³/mol. The van der Waals surface area contributed by atoms with Gasteiger partial charge >= 0.3 is 0 Å². The molecular formula is C12H17N3OS. The van der Waals surface area contributed by atoms with E-state index < -0.39 is 5.60 Å². The summed E-state index contributed by atoms with van der Waals surface area (Å²) in [5.74, 6) is 0. The van der Waals surface area contributed by atoms with Crippen LogP contribution in [-0.2, 0) is 0 Å². The Morgan fingerprint density at radius 3 is 2.88 bits per heavy atom. The van der Waals surface area contributed by atoms with E-state index in [4.69, 9.17) is 18.0 Å². The summed E-state index contributed by atoms with van der Waals surface area (Å²) >= 11 is 4.86. The predicted octanol–water partition coefficient (Wildman–Crippen LogP) is 1.07. The van der Waals surface area contributed by atoms with E-state index in [0.29, 0.717) is 17.2 Å². The van der Waals surface area contributed by atoms with E-state index in [9.17, 15) is 5.11 Å². The molecule has 2 rings (SSSR count). The minimum absolute atomic E-state index is 0.308. The second-order valence-electron chi connectivity index (χ2n) is 4.79. The van der Waals surface area contributed by atoms with E-state index in [1.54, 1.807) is 6.20 Å². The van der Waals surface area contributed by atoms with E-state index in [2.05, 4.69) is 9.88 Å². The summed E-state index contributed by atoms with van der Waals surface area (Å²) in [6.45, 7) is 3.46. The molecule has 92 valence electrons. The maximum absolute atomic E-state index is 10.0. The summed E-state index contributed by atoms with van der Waals surface area (Å²) in [5.41, 5.74) is 6.53. The van der Waals surface area contributed by atoms with E-state index in [1.807, 2.05) is 19.1 Å². The van der Waals surface area contributed by atoms with Crippen molar-refractivity contribution in [2.75, 3.05) is 18.0 Å². The van der Waals surface area contributed by atoms with Gasteiger partial charge in [0.05, 0.1) is 23.2 Å². The lowest BCUT2D eigenvalue weighted by Gasteiger charge is -2.38. The first-order valence-electron chi connectivity index (χ1n) is 5.71. The second-order valence-corrected chi connectivity index (χ2v) is 5.23. The third-order valence-corrected chi connectivity index (χ3v) is 3.25. The largest absolute Gasteiger partial charge is 0.388 e.